The van der Waals surface area contributed by atoms with Crippen LogP contribution in [-0.4, -0.2) is 40.1 Å². The quantitative estimate of drug-likeness (QED) is 0.604. The van der Waals surface area contributed by atoms with Crippen LogP contribution in [0.25, 0.3) is 0 Å². The van der Waals surface area contributed by atoms with Crippen molar-refractivity contribution < 1.29 is 19.1 Å². The molecule has 156 valence electrons. The Hall–Kier alpha value is -3.68. The van der Waals surface area contributed by atoms with Crippen LogP contribution in [0.3, 0.4) is 0 Å². The predicted molar refractivity (Wildman–Crippen MR) is 110 cm³/mol. The summed E-state index contributed by atoms with van der Waals surface area (Å²) in [6.07, 6.45) is 3.49. The second-order valence-electron chi connectivity index (χ2n) is 6.63. The third kappa shape index (κ3) is 4.48. The number of carbonyl (C=O) groups excluding carboxylic acids is 2. The highest BCUT2D eigenvalue weighted by Gasteiger charge is 2.23. The second-order valence-corrected chi connectivity index (χ2v) is 6.63. The van der Waals surface area contributed by atoms with Gasteiger partial charge in [-0.1, -0.05) is 12.1 Å². The highest BCUT2D eigenvalue weighted by Crippen LogP contribution is 2.23. The fourth-order valence-electron chi connectivity index (χ4n) is 3.07. The Morgan fingerprint density at radius 1 is 1.17 bits per heavy atom. The summed E-state index contributed by atoms with van der Waals surface area (Å²) in [4.78, 5) is 33.6. The van der Waals surface area contributed by atoms with E-state index in [-0.39, 0.29) is 18.2 Å². The number of hydrogen-bond acceptors (Lipinski definition) is 6. The maximum Gasteiger partial charge on any atom is 0.339 e. The molecule has 30 heavy (non-hydrogen) atoms. The number of benzene rings is 1. The zero-order valence-corrected chi connectivity index (χ0v) is 17.4. The van der Waals surface area contributed by atoms with Crippen LogP contribution in [-0.2, 0) is 11.8 Å². The first-order valence-corrected chi connectivity index (χ1v) is 9.51. The summed E-state index contributed by atoms with van der Waals surface area (Å²) >= 11 is 0. The van der Waals surface area contributed by atoms with Gasteiger partial charge in [-0.2, -0.15) is 0 Å². The van der Waals surface area contributed by atoms with Crippen molar-refractivity contribution in [3.63, 3.8) is 0 Å². The van der Waals surface area contributed by atoms with Gasteiger partial charge in [-0.05, 0) is 43.7 Å². The summed E-state index contributed by atoms with van der Waals surface area (Å²) in [7, 11) is 3.46. The molecule has 1 atom stereocenters. The Balaban J connectivity index is 1.89. The lowest BCUT2D eigenvalue weighted by Gasteiger charge is -2.19. The molecule has 1 unspecified atom stereocenters. The van der Waals surface area contributed by atoms with Gasteiger partial charge in [0.15, 0.2) is 0 Å². The van der Waals surface area contributed by atoms with Crippen molar-refractivity contribution in [3.8, 4) is 5.75 Å². The third-order valence-electron chi connectivity index (χ3n) is 4.66. The number of nitrogens with one attached hydrogen (secondary N) is 1. The summed E-state index contributed by atoms with van der Waals surface area (Å²) < 4.78 is 12.1. The van der Waals surface area contributed by atoms with E-state index >= 15 is 0 Å². The minimum atomic E-state index is -0.491. The number of amides is 1. The average Bonchev–Trinajstić information content (AvgIpc) is 3.17. The molecule has 2 aromatic heterocycles. The zero-order valence-electron chi connectivity index (χ0n) is 17.4. The van der Waals surface area contributed by atoms with Crippen LogP contribution in [0.15, 0.2) is 48.8 Å². The van der Waals surface area contributed by atoms with Crippen molar-refractivity contribution >= 4 is 11.9 Å². The Labute approximate surface area is 174 Å². The monoisotopic (exact) mass is 408 g/mol. The van der Waals surface area contributed by atoms with E-state index in [0.717, 1.165) is 11.3 Å². The minimum Gasteiger partial charge on any atom is -0.497 e. The maximum absolute atomic E-state index is 13.0. The zero-order chi connectivity index (χ0) is 21.7. The topological polar surface area (TPSA) is 95.3 Å². The molecule has 0 saturated carbocycles. The average molecular weight is 408 g/mol. The van der Waals surface area contributed by atoms with E-state index in [0.29, 0.717) is 17.1 Å². The molecule has 0 saturated heterocycles. The highest BCUT2D eigenvalue weighted by atomic mass is 16.5. The van der Waals surface area contributed by atoms with E-state index in [1.54, 1.807) is 33.2 Å². The van der Waals surface area contributed by atoms with Gasteiger partial charge in [0.2, 0.25) is 0 Å². The van der Waals surface area contributed by atoms with Crippen LogP contribution < -0.4 is 10.1 Å². The normalized spacial score (nSPS) is 11.6. The molecule has 3 rings (SSSR count). The summed E-state index contributed by atoms with van der Waals surface area (Å²) in [5.41, 5.74) is 1.81. The first-order chi connectivity index (χ1) is 14.4. The summed E-state index contributed by atoms with van der Waals surface area (Å²) in [5.74, 6) is 0.555. The lowest BCUT2D eigenvalue weighted by molar-refractivity contribution is 0.0524. The molecular formula is C22H24N4O4. The standard InChI is InChI=1S/C22H24N4O4/c1-5-30-22(28)17-10-11-18(24-14(17)2)21(27)25-19(20-23-12-13-26(20)3)15-6-8-16(29-4)9-7-15/h6-13,19H,5H2,1-4H3,(H,25,27). The van der Waals surface area contributed by atoms with Gasteiger partial charge in [-0.15, -0.1) is 0 Å². The van der Waals surface area contributed by atoms with Gasteiger partial charge in [0.25, 0.3) is 5.91 Å². The SMILES string of the molecule is CCOC(=O)c1ccc(C(=O)NC(c2ccc(OC)cc2)c2nccn2C)nc1C. The Kier molecular flexibility index (Phi) is 6.46. The van der Waals surface area contributed by atoms with Gasteiger partial charge >= 0.3 is 5.97 Å². The van der Waals surface area contributed by atoms with Gasteiger partial charge in [-0.3, -0.25) is 4.79 Å². The van der Waals surface area contributed by atoms with Gasteiger partial charge in [0, 0.05) is 19.4 Å². The van der Waals surface area contributed by atoms with Crippen LogP contribution in [0.2, 0.25) is 0 Å². The van der Waals surface area contributed by atoms with Crippen LogP contribution in [0, 0.1) is 6.92 Å². The van der Waals surface area contributed by atoms with Crippen LogP contribution in [0.4, 0.5) is 0 Å². The molecule has 8 heteroatoms. The Morgan fingerprint density at radius 3 is 2.47 bits per heavy atom. The molecule has 1 aromatic carbocycles. The van der Waals surface area contributed by atoms with Gasteiger partial charge in [0.05, 0.1) is 25.0 Å². The molecule has 0 spiro atoms. The molecule has 0 radical (unpaired) electrons. The summed E-state index contributed by atoms with van der Waals surface area (Å²) in [5, 5.41) is 2.99. The van der Waals surface area contributed by atoms with Gasteiger partial charge in [-0.25, -0.2) is 14.8 Å². The van der Waals surface area contributed by atoms with E-state index < -0.39 is 12.0 Å². The second kappa shape index (κ2) is 9.21. The molecule has 1 N–H and O–H groups in total. The lowest BCUT2D eigenvalue weighted by atomic mass is 10.1. The molecule has 1 amide bonds. The molecule has 0 bridgehead atoms. The number of nitrogens with zero attached hydrogens (tertiary/aromatic N) is 3. The molecule has 8 nitrogen and oxygen atoms in total. The van der Waals surface area contributed by atoms with Crippen molar-refractivity contribution in [1.82, 2.24) is 19.9 Å². The van der Waals surface area contributed by atoms with Crippen LogP contribution >= 0.6 is 0 Å². The van der Waals surface area contributed by atoms with E-state index in [9.17, 15) is 9.59 Å². The van der Waals surface area contributed by atoms with Crippen molar-refractivity contribution in [2.75, 3.05) is 13.7 Å². The number of esters is 1. The number of aryl methyl sites for hydroxylation is 2. The Bertz CT molecular complexity index is 1040. The van der Waals surface area contributed by atoms with E-state index in [1.807, 2.05) is 42.1 Å². The first-order valence-electron chi connectivity index (χ1n) is 9.51. The number of ether oxygens (including phenoxy) is 2. The number of carbonyl (C=O) groups is 2. The van der Waals surface area contributed by atoms with E-state index in [4.69, 9.17) is 9.47 Å². The summed E-state index contributed by atoms with van der Waals surface area (Å²) in [6, 6.07) is 9.98. The molecule has 0 aliphatic heterocycles. The van der Waals surface area contributed by atoms with Crippen molar-refractivity contribution in [2.45, 2.75) is 19.9 Å². The maximum atomic E-state index is 13.0. The van der Waals surface area contributed by atoms with Crippen molar-refractivity contribution in [3.05, 3.63) is 77.1 Å². The molecule has 0 fully saturated rings. The van der Waals surface area contributed by atoms with Crippen molar-refractivity contribution in [2.24, 2.45) is 7.05 Å². The molecule has 3 aromatic rings. The lowest BCUT2D eigenvalue weighted by Crippen LogP contribution is -2.32. The third-order valence-corrected chi connectivity index (χ3v) is 4.66. The largest absolute Gasteiger partial charge is 0.497 e. The Morgan fingerprint density at radius 2 is 1.90 bits per heavy atom. The smallest absolute Gasteiger partial charge is 0.339 e. The number of rotatable bonds is 7. The van der Waals surface area contributed by atoms with Crippen LogP contribution in [0.5, 0.6) is 5.75 Å². The molecule has 0 aliphatic carbocycles. The van der Waals surface area contributed by atoms with Gasteiger partial charge in [0.1, 0.15) is 23.3 Å². The number of pyridine rings is 1. The number of hydrogen-bond donors (Lipinski definition) is 1. The van der Waals surface area contributed by atoms with Crippen molar-refractivity contribution in [1.29, 1.82) is 0 Å². The molecular weight excluding hydrogens is 384 g/mol. The van der Waals surface area contributed by atoms with E-state index in [1.165, 1.54) is 6.07 Å². The predicted octanol–water partition coefficient (Wildman–Crippen LogP) is 2.83. The number of aromatic nitrogens is 3. The fourth-order valence-corrected chi connectivity index (χ4v) is 3.07. The highest BCUT2D eigenvalue weighted by molar-refractivity contribution is 5.95. The first kappa shape index (κ1) is 21.0. The van der Waals surface area contributed by atoms with Crippen LogP contribution in [0.1, 0.15) is 50.9 Å². The fraction of sp³-hybridized carbons (Fsp3) is 0.273. The molecule has 2 heterocycles. The molecule has 0 aliphatic rings. The minimum absolute atomic E-state index is 0.202. The van der Waals surface area contributed by atoms with Gasteiger partial charge < -0.3 is 19.4 Å². The number of methoxy groups -OCH3 is 1. The summed E-state index contributed by atoms with van der Waals surface area (Å²) in [6.45, 7) is 3.68. The number of imidazole rings is 1. The van der Waals surface area contributed by atoms with E-state index in [2.05, 4.69) is 15.3 Å².